The number of benzene rings is 3. The Morgan fingerprint density at radius 1 is 0.881 bits per heavy atom. The summed E-state index contributed by atoms with van der Waals surface area (Å²) in [5.41, 5.74) is 7.33. The molecule has 2 aromatic heterocycles. The van der Waals surface area contributed by atoms with E-state index in [1.807, 2.05) is 30.3 Å². The predicted octanol–water partition coefficient (Wildman–Crippen LogP) is 5.30. The molecule has 19 heteroatoms. The number of ether oxygens (including phenoxy) is 1. The van der Waals surface area contributed by atoms with Crippen molar-refractivity contribution in [2.75, 3.05) is 84.4 Å². The number of aromatic nitrogens is 3. The minimum Gasteiger partial charge on any atom is -0.494 e. The van der Waals surface area contributed by atoms with E-state index in [1.54, 1.807) is 25.4 Å². The van der Waals surface area contributed by atoms with E-state index in [9.17, 15) is 27.6 Å². The van der Waals surface area contributed by atoms with Gasteiger partial charge in [-0.15, -0.1) is 0 Å². The smallest absolute Gasteiger partial charge is 0.262 e. The van der Waals surface area contributed by atoms with Crippen LogP contribution in [-0.2, 0) is 26.0 Å². The Hall–Kier alpha value is -6.73. The maximum absolute atomic E-state index is 13.3. The average molecular weight is 930 g/mol. The first-order chi connectivity index (χ1) is 32.2. The standard InChI is InChI=1S/C48H55N11O7S/c1-28-23-37(51-48-53-43-34(14-18-49-43)44(54-48)50-36-9-5-8-30-15-22-58(42(30)36)67(4,64)65)40(66-3)25-39(28)56-20-16-31(17-21-56)55(2)19-6-7-29-26-57(27-29)32-10-11-33-35(24-32)47(63)59(46(33)62)38-12-13-41(60)52-45(38)61/h5,8-11,14,18,23-25,29,31,38H,6-7,12-13,15-17,19-22,26-27H2,1-4H3,(H,52,60,61)(H3,49,50,51,53,54). The minimum atomic E-state index is -3.47. The number of amides is 4. The number of hydrogen-bond acceptors (Lipinski definition) is 14. The Morgan fingerprint density at radius 3 is 2.43 bits per heavy atom. The van der Waals surface area contributed by atoms with E-state index in [1.165, 1.54) is 10.6 Å². The van der Waals surface area contributed by atoms with Crippen molar-refractivity contribution in [1.29, 1.82) is 0 Å². The molecule has 10 rings (SSSR count). The summed E-state index contributed by atoms with van der Waals surface area (Å²) >= 11 is 0. The lowest BCUT2D eigenvalue weighted by Gasteiger charge is -2.42. The maximum Gasteiger partial charge on any atom is 0.262 e. The number of anilines is 7. The number of imide groups is 2. The zero-order valence-corrected chi connectivity index (χ0v) is 38.9. The molecule has 0 spiro atoms. The number of aromatic amines is 1. The van der Waals surface area contributed by atoms with Crippen LogP contribution >= 0.6 is 0 Å². The predicted molar refractivity (Wildman–Crippen MR) is 256 cm³/mol. The molecule has 4 N–H and O–H groups in total. The number of H-pyrrole nitrogens is 1. The molecule has 5 aliphatic rings. The van der Waals surface area contributed by atoms with Crippen LogP contribution in [0.25, 0.3) is 11.0 Å². The topological polar surface area (TPSA) is 206 Å². The lowest BCUT2D eigenvalue weighted by Crippen LogP contribution is -2.54. The summed E-state index contributed by atoms with van der Waals surface area (Å²) in [6, 6.07) is 16.6. The number of rotatable bonds is 14. The monoisotopic (exact) mass is 929 g/mol. The fourth-order valence-corrected chi connectivity index (χ4v) is 11.4. The van der Waals surface area contributed by atoms with Gasteiger partial charge in [-0.2, -0.15) is 9.97 Å². The zero-order valence-electron chi connectivity index (χ0n) is 38.1. The Labute approximate surface area is 389 Å². The van der Waals surface area contributed by atoms with Crippen LogP contribution < -0.4 is 34.8 Å². The number of piperidine rings is 2. The first-order valence-corrected chi connectivity index (χ1v) is 24.8. The van der Waals surface area contributed by atoms with Crippen LogP contribution in [0.2, 0.25) is 0 Å². The molecule has 0 saturated carbocycles. The lowest BCUT2D eigenvalue weighted by molar-refractivity contribution is -0.136. The molecule has 350 valence electrons. The van der Waals surface area contributed by atoms with Crippen LogP contribution in [0.4, 0.5) is 40.2 Å². The summed E-state index contributed by atoms with van der Waals surface area (Å²) in [6.07, 6.45) is 8.17. The number of nitrogens with zero attached hydrogens (tertiary/aromatic N) is 7. The molecule has 0 bridgehead atoms. The van der Waals surface area contributed by atoms with Crippen LogP contribution in [0.15, 0.2) is 60.8 Å². The van der Waals surface area contributed by atoms with Gasteiger partial charge in [-0.05, 0) is 112 Å². The van der Waals surface area contributed by atoms with Crippen molar-refractivity contribution in [3.05, 3.63) is 83.0 Å². The third-order valence-electron chi connectivity index (χ3n) is 14.1. The third-order valence-corrected chi connectivity index (χ3v) is 15.3. The van der Waals surface area contributed by atoms with Crippen LogP contribution in [0.5, 0.6) is 5.75 Å². The molecule has 18 nitrogen and oxygen atoms in total. The second kappa shape index (κ2) is 17.5. The summed E-state index contributed by atoms with van der Waals surface area (Å²) in [4.78, 5) is 71.5. The van der Waals surface area contributed by atoms with E-state index in [0.717, 1.165) is 96.9 Å². The van der Waals surface area contributed by atoms with E-state index in [2.05, 4.69) is 61.7 Å². The highest BCUT2D eigenvalue weighted by Crippen LogP contribution is 2.41. The largest absolute Gasteiger partial charge is 0.494 e. The summed E-state index contributed by atoms with van der Waals surface area (Å²) in [6.45, 7) is 7.12. The molecule has 0 radical (unpaired) electrons. The van der Waals surface area contributed by atoms with Gasteiger partial charge >= 0.3 is 0 Å². The molecule has 1 atom stereocenters. The van der Waals surface area contributed by atoms with Gasteiger partial charge in [0.25, 0.3) is 11.8 Å². The molecule has 4 amide bonds. The second-order valence-corrected chi connectivity index (χ2v) is 20.3. The van der Waals surface area contributed by atoms with Gasteiger partial charge in [0.15, 0.2) is 0 Å². The molecule has 3 aromatic carbocycles. The highest BCUT2D eigenvalue weighted by Gasteiger charge is 2.45. The third kappa shape index (κ3) is 8.38. The second-order valence-electron chi connectivity index (χ2n) is 18.4. The first kappa shape index (κ1) is 44.1. The van der Waals surface area contributed by atoms with Gasteiger partial charge in [-0.3, -0.25) is 33.7 Å². The van der Waals surface area contributed by atoms with E-state index in [0.29, 0.717) is 70.6 Å². The highest BCUT2D eigenvalue weighted by molar-refractivity contribution is 7.92. The van der Waals surface area contributed by atoms with Gasteiger partial charge in [-0.25, -0.2) is 8.42 Å². The number of aryl methyl sites for hydroxylation is 1. The van der Waals surface area contributed by atoms with Crippen molar-refractivity contribution in [3.63, 3.8) is 0 Å². The van der Waals surface area contributed by atoms with E-state index in [4.69, 9.17) is 14.7 Å². The van der Waals surface area contributed by atoms with Crippen molar-refractivity contribution in [1.82, 2.24) is 30.1 Å². The lowest BCUT2D eigenvalue weighted by atomic mass is 9.93. The van der Waals surface area contributed by atoms with Crippen LogP contribution in [0.1, 0.15) is 70.4 Å². The SMILES string of the molecule is COc1cc(N2CCC(N(C)CCCC3CN(c4ccc5c(c4)C(=O)N(C4CCC(=O)NC4=O)C5=O)C3)CC2)c(C)cc1Nc1nc(Nc2cccc3c2N(S(C)(=O)=O)CC3)c2cc[nH]c2n1. The fourth-order valence-electron chi connectivity index (χ4n) is 10.5. The van der Waals surface area contributed by atoms with Gasteiger partial charge in [0.2, 0.25) is 27.8 Å². The molecule has 5 aromatic rings. The number of sulfonamides is 1. The average Bonchev–Trinajstić information content (AvgIpc) is 4.02. The van der Waals surface area contributed by atoms with Crippen molar-refractivity contribution < 1.29 is 32.3 Å². The number of hydrogen-bond donors (Lipinski definition) is 4. The van der Waals surface area contributed by atoms with Gasteiger partial charge in [0.1, 0.15) is 23.3 Å². The first-order valence-electron chi connectivity index (χ1n) is 23.0. The van der Waals surface area contributed by atoms with Crippen LogP contribution in [0.3, 0.4) is 0 Å². The normalized spacial score (nSPS) is 19.0. The Morgan fingerprint density at radius 2 is 1.67 bits per heavy atom. The summed E-state index contributed by atoms with van der Waals surface area (Å²) in [5.74, 6) is 0.131. The Balaban J connectivity index is 0.717. The van der Waals surface area contributed by atoms with Crippen molar-refractivity contribution in [3.8, 4) is 5.75 Å². The van der Waals surface area contributed by atoms with E-state index in [-0.39, 0.29) is 12.8 Å². The Bertz CT molecular complexity index is 2930. The van der Waals surface area contributed by atoms with Crippen LogP contribution in [-0.4, -0.2) is 129 Å². The van der Waals surface area contributed by atoms with Gasteiger partial charge in [0, 0.05) is 68.8 Å². The van der Waals surface area contributed by atoms with Gasteiger partial charge in [0.05, 0.1) is 46.9 Å². The number of para-hydroxylation sites is 1. The van der Waals surface area contributed by atoms with Crippen LogP contribution in [0, 0.1) is 12.8 Å². The molecule has 67 heavy (non-hydrogen) atoms. The molecule has 1 unspecified atom stereocenters. The summed E-state index contributed by atoms with van der Waals surface area (Å²) < 4.78 is 32.7. The molecule has 0 aliphatic carbocycles. The van der Waals surface area contributed by atoms with E-state index >= 15 is 0 Å². The van der Waals surface area contributed by atoms with Crippen molar-refractivity contribution >= 4 is 84.9 Å². The zero-order chi connectivity index (χ0) is 46.7. The number of fused-ring (bicyclic) bond motifs is 3. The molecule has 3 fully saturated rings. The number of carbonyl (C=O) groups excluding carboxylic acids is 4. The molecular formula is C48H55N11O7S. The molecule has 3 saturated heterocycles. The number of nitrogens with one attached hydrogen (secondary N) is 4. The summed E-state index contributed by atoms with van der Waals surface area (Å²) in [7, 11) is 0.422. The van der Waals surface area contributed by atoms with Crippen molar-refractivity contribution in [2.24, 2.45) is 5.92 Å². The quantitative estimate of drug-likeness (QED) is 0.104. The van der Waals surface area contributed by atoms with Crippen molar-refractivity contribution in [2.45, 2.75) is 64.0 Å². The number of carbonyl (C=O) groups is 4. The number of methoxy groups -OCH3 is 1. The fraction of sp³-hybridized carbons (Fsp3) is 0.417. The maximum atomic E-state index is 13.3. The minimum absolute atomic E-state index is 0.0915. The Kier molecular flexibility index (Phi) is 11.5. The molecule has 5 aliphatic heterocycles. The van der Waals surface area contributed by atoms with E-state index < -0.39 is 39.7 Å². The molecular weight excluding hydrogens is 875 g/mol. The molecule has 7 heterocycles. The van der Waals surface area contributed by atoms with Gasteiger partial charge in [-0.1, -0.05) is 12.1 Å². The van der Waals surface area contributed by atoms with Gasteiger partial charge < -0.3 is 35.1 Å². The summed E-state index contributed by atoms with van der Waals surface area (Å²) in [5, 5.41) is 9.83. The highest BCUT2D eigenvalue weighted by atomic mass is 32.2.